The smallest absolute Gasteiger partial charge is 0.230 e. The molecular weight excluding hydrogens is 274 g/mol. The Labute approximate surface area is 121 Å². The normalized spacial score (nSPS) is 12.1. The molecule has 0 aliphatic heterocycles. The van der Waals surface area contributed by atoms with E-state index in [0.29, 0.717) is 5.16 Å². The number of rotatable bonds is 5. The number of aryl methyl sites for hydroxylation is 1. The predicted molar refractivity (Wildman–Crippen MR) is 79.3 cm³/mol. The topological polar surface area (TPSA) is 96.7 Å². The van der Waals surface area contributed by atoms with E-state index in [2.05, 4.69) is 20.5 Å². The van der Waals surface area contributed by atoms with Gasteiger partial charge in [0.15, 0.2) is 0 Å². The first-order chi connectivity index (χ1) is 9.56. The monoisotopic (exact) mass is 291 g/mol. The number of nitrogens with one attached hydrogen (secondary N) is 2. The largest absolute Gasteiger partial charge is 0.368 e. The number of nitrogens with zero attached hydrogens (tertiary/aromatic N) is 2. The second kappa shape index (κ2) is 6.42. The van der Waals surface area contributed by atoms with Crippen molar-refractivity contribution in [2.45, 2.75) is 25.0 Å². The van der Waals surface area contributed by atoms with Crippen LogP contribution in [0.1, 0.15) is 24.1 Å². The number of nitrogen functional groups attached to an aromatic ring is 1. The number of hydrogen-bond acceptors (Lipinski definition) is 5. The maximum Gasteiger partial charge on any atom is 0.230 e. The fraction of sp³-hybridized carbons (Fsp3) is 0.308. The van der Waals surface area contributed by atoms with Gasteiger partial charge in [0.2, 0.25) is 17.0 Å². The lowest BCUT2D eigenvalue weighted by Crippen LogP contribution is -2.28. The quantitative estimate of drug-likeness (QED) is 0.728. The summed E-state index contributed by atoms with van der Waals surface area (Å²) in [5, 5.41) is 9.82. The standard InChI is InChI=1S/C13H17N5OS/c1-8-5-3-4-6-10(8)9(2)15-11(19)7-20-13-16-12(14)17-18-13/h3-6,9H,7H2,1-2H3,(H,15,19)(H3,14,16,17,18). The van der Waals surface area contributed by atoms with Gasteiger partial charge in [-0.1, -0.05) is 36.0 Å². The molecule has 0 fully saturated rings. The van der Waals surface area contributed by atoms with E-state index in [1.54, 1.807) is 0 Å². The van der Waals surface area contributed by atoms with Gasteiger partial charge in [0, 0.05) is 0 Å². The van der Waals surface area contributed by atoms with E-state index in [9.17, 15) is 4.79 Å². The minimum atomic E-state index is -0.0610. The van der Waals surface area contributed by atoms with Gasteiger partial charge in [-0.2, -0.15) is 4.98 Å². The molecule has 0 aliphatic rings. The van der Waals surface area contributed by atoms with E-state index in [1.165, 1.54) is 11.8 Å². The van der Waals surface area contributed by atoms with Crippen LogP contribution >= 0.6 is 11.8 Å². The minimum absolute atomic E-state index is 0.0264. The number of hydrogen-bond donors (Lipinski definition) is 3. The number of amides is 1. The van der Waals surface area contributed by atoms with Crippen LogP contribution in [0.4, 0.5) is 5.95 Å². The van der Waals surface area contributed by atoms with Gasteiger partial charge in [-0.05, 0) is 25.0 Å². The van der Waals surface area contributed by atoms with Crippen molar-refractivity contribution in [1.29, 1.82) is 0 Å². The molecule has 1 heterocycles. The number of carbonyl (C=O) groups is 1. The van der Waals surface area contributed by atoms with Gasteiger partial charge < -0.3 is 11.1 Å². The summed E-state index contributed by atoms with van der Waals surface area (Å²) < 4.78 is 0. The van der Waals surface area contributed by atoms with E-state index in [0.717, 1.165) is 11.1 Å². The summed E-state index contributed by atoms with van der Waals surface area (Å²) >= 11 is 1.25. The Morgan fingerprint density at radius 1 is 1.50 bits per heavy atom. The zero-order valence-corrected chi connectivity index (χ0v) is 12.2. The first kappa shape index (κ1) is 14.4. The van der Waals surface area contributed by atoms with Gasteiger partial charge in [-0.3, -0.25) is 4.79 Å². The van der Waals surface area contributed by atoms with Gasteiger partial charge in [0.05, 0.1) is 11.8 Å². The summed E-state index contributed by atoms with van der Waals surface area (Å²) in [6.07, 6.45) is 0. The summed E-state index contributed by atoms with van der Waals surface area (Å²) in [6, 6.07) is 7.97. The molecule has 6 nitrogen and oxygen atoms in total. The van der Waals surface area contributed by atoms with Crippen LogP contribution in [-0.4, -0.2) is 26.8 Å². The van der Waals surface area contributed by atoms with Gasteiger partial charge in [0.25, 0.3) is 0 Å². The Balaban J connectivity index is 1.87. The molecule has 20 heavy (non-hydrogen) atoms. The van der Waals surface area contributed by atoms with Gasteiger partial charge >= 0.3 is 0 Å². The van der Waals surface area contributed by atoms with Gasteiger partial charge in [0.1, 0.15) is 0 Å². The Bertz CT molecular complexity index is 598. The van der Waals surface area contributed by atoms with Crippen molar-refractivity contribution in [3.05, 3.63) is 35.4 Å². The molecule has 0 bridgehead atoms. The summed E-state index contributed by atoms with van der Waals surface area (Å²) in [7, 11) is 0. The predicted octanol–water partition coefficient (Wildman–Crippen LogP) is 1.66. The number of aromatic nitrogens is 3. The van der Waals surface area contributed by atoms with Crippen LogP contribution in [0.3, 0.4) is 0 Å². The zero-order chi connectivity index (χ0) is 14.5. The third-order valence-electron chi connectivity index (χ3n) is 2.85. The molecule has 1 atom stereocenters. The highest BCUT2D eigenvalue weighted by atomic mass is 32.2. The summed E-state index contributed by atoms with van der Waals surface area (Å²) in [6.45, 7) is 4.00. The first-order valence-corrected chi connectivity index (χ1v) is 7.20. The number of aromatic amines is 1. The molecule has 0 saturated heterocycles. The van der Waals surface area contributed by atoms with E-state index < -0.39 is 0 Å². The fourth-order valence-corrected chi connectivity index (χ4v) is 2.50. The van der Waals surface area contributed by atoms with Crippen LogP contribution in [-0.2, 0) is 4.79 Å². The average Bonchev–Trinajstić information content (AvgIpc) is 2.82. The molecule has 2 aromatic rings. The summed E-state index contributed by atoms with van der Waals surface area (Å²) in [4.78, 5) is 15.8. The van der Waals surface area contributed by atoms with E-state index in [-0.39, 0.29) is 23.7 Å². The van der Waals surface area contributed by atoms with Crippen LogP contribution in [0.2, 0.25) is 0 Å². The molecular formula is C13H17N5OS. The number of anilines is 1. The van der Waals surface area contributed by atoms with E-state index in [1.807, 2.05) is 38.1 Å². The van der Waals surface area contributed by atoms with Crippen molar-refractivity contribution < 1.29 is 4.79 Å². The Kier molecular flexibility index (Phi) is 4.62. The van der Waals surface area contributed by atoms with Crippen molar-refractivity contribution in [1.82, 2.24) is 20.5 Å². The number of benzene rings is 1. The summed E-state index contributed by atoms with van der Waals surface area (Å²) in [5.74, 6) is 0.448. The van der Waals surface area contributed by atoms with Crippen LogP contribution in [0.25, 0.3) is 0 Å². The van der Waals surface area contributed by atoms with Crippen molar-refractivity contribution in [3.8, 4) is 0 Å². The molecule has 0 spiro atoms. The molecule has 0 saturated carbocycles. The molecule has 0 aliphatic carbocycles. The second-order valence-electron chi connectivity index (χ2n) is 4.44. The Morgan fingerprint density at radius 3 is 2.90 bits per heavy atom. The van der Waals surface area contributed by atoms with Crippen LogP contribution in [0.15, 0.2) is 29.4 Å². The molecule has 0 radical (unpaired) electrons. The van der Waals surface area contributed by atoms with Crippen LogP contribution in [0, 0.1) is 6.92 Å². The molecule has 106 valence electrons. The molecule has 2 rings (SSSR count). The SMILES string of the molecule is Cc1ccccc1C(C)NC(=O)CSc1n[nH]c(N)n1. The average molecular weight is 291 g/mol. The maximum absolute atomic E-state index is 11.9. The lowest BCUT2D eigenvalue weighted by atomic mass is 10.0. The lowest BCUT2D eigenvalue weighted by Gasteiger charge is -2.16. The minimum Gasteiger partial charge on any atom is -0.368 e. The van der Waals surface area contributed by atoms with Crippen molar-refractivity contribution in [2.24, 2.45) is 0 Å². The van der Waals surface area contributed by atoms with Crippen LogP contribution in [0.5, 0.6) is 0 Å². The van der Waals surface area contributed by atoms with Gasteiger partial charge in [-0.15, -0.1) is 5.10 Å². The van der Waals surface area contributed by atoms with E-state index >= 15 is 0 Å². The third-order valence-corrected chi connectivity index (χ3v) is 3.69. The maximum atomic E-state index is 11.9. The van der Waals surface area contributed by atoms with Crippen molar-refractivity contribution >= 4 is 23.6 Å². The van der Waals surface area contributed by atoms with Crippen molar-refractivity contribution in [2.75, 3.05) is 11.5 Å². The van der Waals surface area contributed by atoms with Crippen molar-refractivity contribution in [3.63, 3.8) is 0 Å². The highest BCUT2D eigenvalue weighted by molar-refractivity contribution is 7.99. The Hall–Kier alpha value is -2.02. The molecule has 7 heteroatoms. The molecule has 1 unspecified atom stereocenters. The zero-order valence-electron chi connectivity index (χ0n) is 11.4. The third kappa shape index (κ3) is 3.74. The van der Waals surface area contributed by atoms with E-state index in [4.69, 9.17) is 5.73 Å². The number of H-pyrrole nitrogens is 1. The number of carbonyl (C=O) groups excluding carboxylic acids is 1. The second-order valence-corrected chi connectivity index (χ2v) is 5.38. The van der Waals surface area contributed by atoms with Crippen LogP contribution < -0.4 is 11.1 Å². The Morgan fingerprint density at radius 2 is 2.25 bits per heavy atom. The van der Waals surface area contributed by atoms with Gasteiger partial charge in [-0.25, -0.2) is 5.10 Å². The lowest BCUT2D eigenvalue weighted by molar-refractivity contribution is -0.119. The first-order valence-electron chi connectivity index (χ1n) is 6.22. The molecule has 1 aromatic carbocycles. The number of nitrogens with two attached hydrogens (primary N) is 1. The molecule has 4 N–H and O–H groups in total. The molecule has 1 aromatic heterocycles. The highest BCUT2D eigenvalue weighted by Gasteiger charge is 2.12. The fourth-order valence-electron chi connectivity index (χ4n) is 1.89. The number of thioether (sulfide) groups is 1. The molecule has 1 amide bonds. The highest BCUT2D eigenvalue weighted by Crippen LogP contribution is 2.17. The summed E-state index contributed by atoms with van der Waals surface area (Å²) in [5.41, 5.74) is 7.70.